The number of halogens is 2. The van der Waals surface area contributed by atoms with E-state index < -0.39 is 26.7 Å². The first-order chi connectivity index (χ1) is 16.1. The van der Waals surface area contributed by atoms with Crippen LogP contribution in [0.3, 0.4) is 0 Å². The van der Waals surface area contributed by atoms with Crippen LogP contribution in [0.5, 0.6) is 0 Å². The van der Waals surface area contributed by atoms with Gasteiger partial charge in [-0.3, -0.25) is 19.6 Å². The van der Waals surface area contributed by atoms with Crippen LogP contribution in [0, 0.1) is 15.9 Å². The van der Waals surface area contributed by atoms with Crippen molar-refractivity contribution in [3.63, 3.8) is 0 Å². The molecular formula is C22H17ClFN3O5S2. The zero-order valence-corrected chi connectivity index (χ0v) is 19.8. The molecule has 1 N–H and O–H groups in total. The summed E-state index contributed by atoms with van der Waals surface area (Å²) in [5, 5.41) is 11.3. The summed E-state index contributed by atoms with van der Waals surface area (Å²) in [6.45, 7) is -0.0288. The van der Waals surface area contributed by atoms with Crippen LogP contribution in [0.4, 0.5) is 15.8 Å². The van der Waals surface area contributed by atoms with Crippen LogP contribution in [0.25, 0.3) is 11.1 Å². The Hall–Kier alpha value is -3.28. The molecule has 2 aromatic carbocycles. The van der Waals surface area contributed by atoms with Gasteiger partial charge in [0.05, 0.1) is 26.3 Å². The van der Waals surface area contributed by atoms with Crippen LogP contribution >= 0.6 is 22.9 Å². The topological polar surface area (TPSA) is 110 Å². The molecule has 0 saturated heterocycles. The molecule has 4 rings (SSSR count). The zero-order valence-electron chi connectivity index (χ0n) is 17.4. The maximum absolute atomic E-state index is 14.9. The van der Waals surface area contributed by atoms with E-state index in [2.05, 4.69) is 4.72 Å². The molecule has 0 atom stereocenters. The van der Waals surface area contributed by atoms with Crippen molar-refractivity contribution in [2.24, 2.45) is 0 Å². The first-order valence-electron chi connectivity index (χ1n) is 9.95. The molecule has 0 aliphatic carbocycles. The van der Waals surface area contributed by atoms with Gasteiger partial charge in [0.2, 0.25) is 10.0 Å². The van der Waals surface area contributed by atoms with Crippen molar-refractivity contribution in [3.05, 3.63) is 91.5 Å². The molecule has 1 aliphatic rings. The molecule has 176 valence electrons. The number of carbonyl (C=O) groups excluding carboxylic acids is 1. The van der Waals surface area contributed by atoms with Gasteiger partial charge in [-0.2, -0.15) is 0 Å². The van der Waals surface area contributed by atoms with E-state index in [0.717, 1.165) is 15.8 Å². The summed E-state index contributed by atoms with van der Waals surface area (Å²) < 4.78 is 42.6. The summed E-state index contributed by atoms with van der Waals surface area (Å²) in [5.41, 5.74) is 0.125. The highest BCUT2D eigenvalue weighted by atomic mass is 35.5. The second-order valence-electron chi connectivity index (χ2n) is 7.35. The van der Waals surface area contributed by atoms with Crippen LogP contribution in [0.2, 0.25) is 4.34 Å². The molecule has 0 radical (unpaired) electrons. The minimum Gasteiger partial charge on any atom is -0.300 e. The Morgan fingerprint density at radius 2 is 1.94 bits per heavy atom. The second-order valence-corrected chi connectivity index (χ2v) is 11.0. The number of amides is 1. The summed E-state index contributed by atoms with van der Waals surface area (Å²) >= 11 is 7.13. The number of nitro benzene ring substituents is 1. The summed E-state index contributed by atoms with van der Waals surface area (Å²) in [6, 6.07) is 13.3. The highest BCUT2D eigenvalue weighted by Gasteiger charge is 2.30. The average molecular weight is 522 g/mol. The number of hydrogen-bond donors (Lipinski definition) is 1. The molecule has 0 unspecified atom stereocenters. The fraction of sp³-hybridized carbons (Fsp3) is 0.136. The molecule has 0 saturated carbocycles. The highest BCUT2D eigenvalue weighted by Crippen LogP contribution is 2.33. The molecule has 0 fully saturated rings. The van der Waals surface area contributed by atoms with E-state index in [9.17, 15) is 27.7 Å². The van der Waals surface area contributed by atoms with Gasteiger partial charge in [0, 0.05) is 17.5 Å². The van der Waals surface area contributed by atoms with Crippen molar-refractivity contribution >= 4 is 50.2 Å². The van der Waals surface area contributed by atoms with Gasteiger partial charge in [0.15, 0.2) is 0 Å². The Morgan fingerprint density at radius 1 is 1.18 bits per heavy atom. The molecule has 1 aromatic heterocycles. The number of nitrogens with zero attached hydrogens (tertiary/aromatic N) is 2. The van der Waals surface area contributed by atoms with Gasteiger partial charge in [-0.15, -0.1) is 11.3 Å². The fourth-order valence-electron chi connectivity index (χ4n) is 3.50. The van der Waals surface area contributed by atoms with E-state index in [-0.39, 0.29) is 46.9 Å². The van der Waals surface area contributed by atoms with Crippen LogP contribution in [0.1, 0.15) is 4.88 Å². The molecule has 0 bridgehead atoms. The largest absolute Gasteiger partial charge is 0.300 e. The van der Waals surface area contributed by atoms with Crippen molar-refractivity contribution in [3.8, 4) is 11.1 Å². The molecule has 34 heavy (non-hydrogen) atoms. The summed E-state index contributed by atoms with van der Waals surface area (Å²) in [7, 11) is -3.82. The minimum absolute atomic E-state index is 0.0288. The number of anilines is 1. The van der Waals surface area contributed by atoms with Gasteiger partial charge >= 0.3 is 0 Å². The lowest BCUT2D eigenvalue weighted by atomic mass is 10.0. The van der Waals surface area contributed by atoms with E-state index in [0.29, 0.717) is 4.34 Å². The van der Waals surface area contributed by atoms with Gasteiger partial charge in [-0.05, 0) is 48.4 Å². The molecule has 1 aliphatic heterocycles. The molecule has 8 nitrogen and oxygen atoms in total. The van der Waals surface area contributed by atoms with Crippen molar-refractivity contribution in [1.29, 1.82) is 0 Å². The Labute approximate surface area is 203 Å². The number of para-hydroxylation sites is 1. The third kappa shape index (κ3) is 5.11. The van der Waals surface area contributed by atoms with Crippen molar-refractivity contribution < 1.29 is 22.5 Å². The molecular weight excluding hydrogens is 505 g/mol. The van der Waals surface area contributed by atoms with E-state index in [4.69, 9.17) is 11.6 Å². The maximum atomic E-state index is 14.9. The zero-order chi connectivity index (χ0) is 24.5. The Kier molecular flexibility index (Phi) is 6.69. The predicted octanol–water partition coefficient (Wildman–Crippen LogP) is 4.51. The first-order valence-corrected chi connectivity index (χ1v) is 12.8. The predicted molar refractivity (Wildman–Crippen MR) is 129 cm³/mol. The number of nitrogens with one attached hydrogen (secondary N) is 1. The number of aryl methyl sites for hydroxylation is 1. The van der Waals surface area contributed by atoms with Crippen molar-refractivity contribution in [1.82, 2.24) is 4.72 Å². The second kappa shape index (κ2) is 9.53. The van der Waals surface area contributed by atoms with Crippen molar-refractivity contribution in [2.75, 3.05) is 17.2 Å². The lowest BCUT2D eigenvalue weighted by Crippen LogP contribution is -2.34. The molecule has 0 spiro atoms. The number of hydrogen-bond acceptors (Lipinski definition) is 6. The van der Waals surface area contributed by atoms with Gasteiger partial charge in [0.1, 0.15) is 11.5 Å². The van der Waals surface area contributed by atoms with Crippen LogP contribution in [-0.4, -0.2) is 31.5 Å². The smallest absolute Gasteiger partial charge is 0.277 e. The number of rotatable bonds is 8. The summed E-state index contributed by atoms with van der Waals surface area (Å²) in [6.07, 6.45) is 1.61. The quantitative estimate of drug-likeness (QED) is 0.346. The fourth-order valence-corrected chi connectivity index (χ4v) is 5.81. The number of carbonyl (C=O) groups is 1. The van der Waals surface area contributed by atoms with Gasteiger partial charge in [-0.25, -0.2) is 12.8 Å². The van der Waals surface area contributed by atoms with E-state index >= 15 is 0 Å². The monoisotopic (exact) mass is 521 g/mol. The number of benzene rings is 2. The van der Waals surface area contributed by atoms with E-state index in [1.807, 2.05) is 0 Å². The molecule has 12 heteroatoms. The standard InChI is InChI=1S/C22H17ClFN3O5S2/c23-21-8-6-15(33-21)10-12-34(31,32)25-18-9-11-26(22(18)28)20-7-5-14(13-17(20)24)16-3-1-2-4-19(16)27(29)30/h1-9,13,25H,10-12H2. The Morgan fingerprint density at radius 3 is 2.62 bits per heavy atom. The minimum atomic E-state index is -3.82. The van der Waals surface area contributed by atoms with Crippen molar-refractivity contribution in [2.45, 2.75) is 6.42 Å². The van der Waals surface area contributed by atoms with E-state index in [1.54, 1.807) is 18.2 Å². The number of nitro groups is 1. The van der Waals surface area contributed by atoms with Gasteiger partial charge in [-0.1, -0.05) is 29.8 Å². The van der Waals surface area contributed by atoms with Crippen LogP contribution in [0.15, 0.2) is 66.4 Å². The van der Waals surface area contributed by atoms with Gasteiger partial charge in [0.25, 0.3) is 11.6 Å². The first kappa shape index (κ1) is 23.9. The number of thiophene rings is 1. The number of sulfonamides is 1. The average Bonchev–Trinajstić information content (AvgIpc) is 3.37. The van der Waals surface area contributed by atoms with Crippen LogP contribution < -0.4 is 9.62 Å². The van der Waals surface area contributed by atoms with E-state index in [1.165, 1.54) is 47.7 Å². The Balaban J connectivity index is 1.47. The van der Waals surface area contributed by atoms with Crippen LogP contribution in [-0.2, 0) is 21.2 Å². The highest BCUT2D eigenvalue weighted by molar-refractivity contribution is 7.89. The maximum Gasteiger partial charge on any atom is 0.277 e. The molecule has 1 amide bonds. The third-order valence-corrected chi connectivity index (χ3v) is 7.68. The molecule has 3 aromatic rings. The van der Waals surface area contributed by atoms with Gasteiger partial charge < -0.3 is 4.90 Å². The summed E-state index contributed by atoms with van der Waals surface area (Å²) in [4.78, 5) is 25.4. The summed E-state index contributed by atoms with van der Waals surface area (Å²) in [5.74, 6) is -1.70. The molecule has 2 heterocycles. The lowest BCUT2D eigenvalue weighted by molar-refractivity contribution is -0.384. The SMILES string of the molecule is O=C1C(NS(=O)(=O)CCc2ccc(Cl)s2)=CCN1c1ccc(-c2ccccc2[N+](=O)[O-])cc1F. The lowest BCUT2D eigenvalue weighted by Gasteiger charge is -2.18. The third-order valence-electron chi connectivity index (χ3n) is 5.12. The Bertz CT molecular complexity index is 1420. The normalized spacial score (nSPS) is 13.8.